The Labute approximate surface area is 298 Å². The van der Waals surface area contributed by atoms with Crippen molar-refractivity contribution >= 4 is 65.4 Å². The molecule has 0 saturated heterocycles. The third kappa shape index (κ3) is 4.12. The van der Waals surface area contributed by atoms with Crippen molar-refractivity contribution in [3.05, 3.63) is 188 Å². The van der Waals surface area contributed by atoms with Gasteiger partial charge in [0.05, 0.1) is 37.2 Å². The van der Waals surface area contributed by atoms with E-state index in [0.717, 1.165) is 66.2 Å². The van der Waals surface area contributed by atoms with Crippen molar-refractivity contribution in [3.63, 3.8) is 0 Å². The van der Waals surface area contributed by atoms with Crippen LogP contribution in [0.15, 0.2) is 188 Å². The molecule has 0 N–H and O–H groups in total. The van der Waals surface area contributed by atoms with Gasteiger partial charge in [-0.1, -0.05) is 121 Å². The van der Waals surface area contributed by atoms with E-state index in [1.807, 2.05) is 65.2 Å². The molecule has 0 fully saturated rings. The number of hydrogen-bond acceptors (Lipinski definition) is 0. The van der Waals surface area contributed by atoms with E-state index in [4.69, 9.17) is 0 Å². The molecule has 0 aliphatic heterocycles. The van der Waals surface area contributed by atoms with Crippen LogP contribution >= 0.6 is 0 Å². The Bertz CT molecular complexity index is 3210. The van der Waals surface area contributed by atoms with E-state index in [9.17, 15) is 4.11 Å². The van der Waals surface area contributed by atoms with E-state index in [1.54, 1.807) is 0 Å². The van der Waals surface area contributed by atoms with E-state index in [-0.39, 0.29) is 18.1 Å². The van der Waals surface area contributed by atoms with Crippen molar-refractivity contribution in [3.8, 4) is 28.2 Å². The highest BCUT2D eigenvalue weighted by Crippen LogP contribution is 2.39. The van der Waals surface area contributed by atoms with Gasteiger partial charge in [-0.15, -0.1) is 0 Å². The summed E-state index contributed by atoms with van der Waals surface area (Å²) in [5.41, 5.74) is 9.83. The van der Waals surface area contributed by atoms with Crippen LogP contribution in [0.3, 0.4) is 0 Å². The minimum absolute atomic E-state index is 0.0184. The lowest BCUT2D eigenvalue weighted by molar-refractivity contribution is 1.13. The summed E-state index contributed by atoms with van der Waals surface area (Å²) in [6.45, 7) is 0. The van der Waals surface area contributed by atoms with E-state index in [1.165, 1.54) is 10.8 Å². The third-order valence-electron chi connectivity index (χ3n) is 10.3. The summed E-state index contributed by atoms with van der Waals surface area (Å²) in [7, 11) is 0. The van der Waals surface area contributed by atoms with Crippen molar-refractivity contribution in [2.24, 2.45) is 0 Å². The molecule has 0 unspecified atom stereocenters. The van der Waals surface area contributed by atoms with Gasteiger partial charge < -0.3 is 13.7 Å². The molecule has 8 aromatic carbocycles. The molecule has 51 heavy (non-hydrogen) atoms. The molecular weight excluding hydrogens is 619 g/mol. The first-order valence-corrected chi connectivity index (χ1v) is 17.3. The number of benzene rings is 8. The van der Waals surface area contributed by atoms with Gasteiger partial charge in [-0.3, -0.25) is 0 Å². The van der Waals surface area contributed by atoms with E-state index in [2.05, 4.69) is 118 Å². The Morgan fingerprint density at radius 3 is 1.14 bits per heavy atom. The van der Waals surface area contributed by atoms with Crippen LogP contribution in [-0.2, 0) is 0 Å². The SMILES string of the molecule is [2H]c1c(-n2c3ccccc3c3ccccc32)c([2H])c2c3ccccc3n(-c3cc(-c4ccccc4)cc(-n4c5ccccc5c5ccccc54)c3)c2c1[2H]. The minimum atomic E-state index is 0.0184. The standard InChI is InChI=1S/C48H31N3/c1-2-14-32(15-3-1)33-28-35(50-45-23-11-6-18-39(45)40-19-7-12-24-46(40)50)30-36(29-33)51-47-25-13-8-20-41(47)42-31-34(26-27-48(42)51)49-43-21-9-4-16-37(43)38-17-5-10-22-44(38)49/h1-31H/i26D,27D,31D. The highest BCUT2D eigenvalue weighted by molar-refractivity contribution is 6.13. The quantitative estimate of drug-likeness (QED) is 0.180. The summed E-state index contributed by atoms with van der Waals surface area (Å²) in [5, 5.41) is 6.00. The van der Waals surface area contributed by atoms with Gasteiger partial charge in [0.15, 0.2) is 0 Å². The second-order valence-electron chi connectivity index (χ2n) is 13.1. The van der Waals surface area contributed by atoms with E-state index < -0.39 is 0 Å². The first-order valence-electron chi connectivity index (χ1n) is 18.8. The van der Waals surface area contributed by atoms with Gasteiger partial charge in [-0.25, -0.2) is 0 Å². The molecule has 11 rings (SSSR count). The Morgan fingerprint density at radius 2 is 0.667 bits per heavy atom. The fourth-order valence-corrected chi connectivity index (χ4v) is 8.15. The molecule has 0 bridgehead atoms. The second-order valence-corrected chi connectivity index (χ2v) is 13.1. The van der Waals surface area contributed by atoms with Crippen LogP contribution in [0.5, 0.6) is 0 Å². The van der Waals surface area contributed by atoms with Crippen LogP contribution in [-0.4, -0.2) is 13.7 Å². The van der Waals surface area contributed by atoms with E-state index >= 15 is 0 Å². The zero-order valence-corrected chi connectivity index (χ0v) is 27.5. The number of para-hydroxylation sites is 5. The maximum atomic E-state index is 9.93. The monoisotopic (exact) mass is 652 g/mol. The molecule has 0 spiro atoms. The number of hydrogen-bond donors (Lipinski definition) is 0. The van der Waals surface area contributed by atoms with Crippen molar-refractivity contribution in [2.45, 2.75) is 0 Å². The number of fused-ring (bicyclic) bond motifs is 9. The van der Waals surface area contributed by atoms with Crippen LogP contribution in [0, 0.1) is 0 Å². The lowest BCUT2D eigenvalue weighted by Gasteiger charge is -2.16. The number of rotatable bonds is 4. The Hall–Kier alpha value is -6.84. The molecule has 3 aromatic heterocycles. The van der Waals surface area contributed by atoms with Crippen LogP contribution in [0.25, 0.3) is 93.6 Å². The van der Waals surface area contributed by atoms with Crippen LogP contribution < -0.4 is 0 Å². The Morgan fingerprint density at radius 1 is 0.294 bits per heavy atom. The lowest BCUT2D eigenvalue weighted by Crippen LogP contribution is -2.00. The second kappa shape index (κ2) is 10.8. The fraction of sp³-hybridized carbons (Fsp3) is 0. The molecule has 0 amide bonds. The molecule has 0 atom stereocenters. The number of aromatic nitrogens is 3. The molecular formula is C48H31N3. The average molecular weight is 653 g/mol. The van der Waals surface area contributed by atoms with Crippen LogP contribution in [0.1, 0.15) is 4.11 Å². The van der Waals surface area contributed by atoms with E-state index in [0.29, 0.717) is 16.6 Å². The predicted molar refractivity (Wildman–Crippen MR) is 215 cm³/mol. The van der Waals surface area contributed by atoms with Crippen molar-refractivity contribution in [1.29, 1.82) is 0 Å². The molecule has 238 valence electrons. The summed E-state index contributed by atoms with van der Waals surface area (Å²) in [6, 6.07) is 58.7. The average Bonchev–Trinajstić information content (AvgIpc) is 3.87. The van der Waals surface area contributed by atoms with Crippen LogP contribution in [0.2, 0.25) is 0 Å². The van der Waals surface area contributed by atoms with Crippen molar-refractivity contribution in [2.75, 3.05) is 0 Å². The summed E-state index contributed by atoms with van der Waals surface area (Å²) in [4.78, 5) is 0. The zero-order chi connectivity index (χ0) is 36.1. The van der Waals surface area contributed by atoms with Crippen molar-refractivity contribution < 1.29 is 4.11 Å². The topological polar surface area (TPSA) is 14.8 Å². The van der Waals surface area contributed by atoms with Gasteiger partial charge in [0, 0.05) is 49.4 Å². The first kappa shape index (κ1) is 25.2. The van der Waals surface area contributed by atoms with Gasteiger partial charge in [0.25, 0.3) is 0 Å². The normalized spacial score (nSPS) is 12.7. The Balaban J connectivity index is 1.26. The third-order valence-corrected chi connectivity index (χ3v) is 10.3. The first-order chi connectivity index (χ1) is 26.6. The maximum Gasteiger partial charge on any atom is 0.0652 e. The fourth-order valence-electron chi connectivity index (χ4n) is 8.15. The van der Waals surface area contributed by atoms with Crippen molar-refractivity contribution in [1.82, 2.24) is 13.7 Å². The summed E-state index contributed by atoms with van der Waals surface area (Å²) < 4.78 is 35.8. The Kier molecular flexibility index (Phi) is 5.35. The zero-order valence-electron chi connectivity index (χ0n) is 30.5. The molecule has 0 aliphatic rings. The molecule has 3 heteroatoms. The predicted octanol–water partition coefficient (Wildman–Crippen LogP) is 12.6. The molecule has 0 saturated carbocycles. The molecule has 0 radical (unpaired) electrons. The van der Waals surface area contributed by atoms with Gasteiger partial charge in [0.1, 0.15) is 0 Å². The van der Waals surface area contributed by atoms with Gasteiger partial charge >= 0.3 is 0 Å². The summed E-state index contributed by atoms with van der Waals surface area (Å²) in [5.74, 6) is 0. The molecule has 3 nitrogen and oxygen atoms in total. The largest absolute Gasteiger partial charge is 0.309 e. The lowest BCUT2D eigenvalue weighted by atomic mass is 10.0. The molecule has 0 aliphatic carbocycles. The van der Waals surface area contributed by atoms with Crippen LogP contribution in [0.4, 0.5) is 0 Å². The minimum Gasteiger partial charge on any atom is -0.309 e. The molecule has 3 heterocycles. The number of nitrogens with zero attached hydrogens (tertiary/aromatic N) is 3. The van der Waals surface area contributed by atoms with Gasteiger partial charge in [-0.05, 0) is 77.8 Å². The smallest absolute Gasteiger partial charge is 0.0652 e. The highest BCUT2D eigenvalue weighted by atomic mass is 15.0. The van der Waals surface area contributed by atoms with Gasteiger partial charge in [0.2, 0.25) is 0 Å². The summed E-state index contributed by atoms with van der Waals surface area (Å²) >= 11 is 0. The highest BCUT2D eigenvalue weighted by Gasteiger charge is 2.19. The maximum absolute atomic E-state index is 9.93. The summed E-state index contributed by atoms with van der Waals surface area (Å²) in [6.07, 6.45) is 0. The van der Waals surface area contributed by atoms with Gasteiger partial charge in [-0.2, -0.15) is 0 Å². The molecule has 11 aromatic rings.